The topological polar surface area (TPSA) is 29.9 Å². The Hall–Kier alpha value is -1.77. The molecule has 112 valence electrons. The molecule has 0 saturated heterocycles. The summed E-state index contributed by atoms with van der Waals surface area (Å²) in [6.07, 6.45) is 2.18. The minimum Gasteiger partial charge on any atom is -0.370 e. The van der Waals surface area contributed by atoms with Crippen LogP contribution in [-0.4, -0.2) is 16.3 Å². The molecular formula is C18H25N3. The van der Waals surface area contributed by atoms with Crippen LogP contribution in [0.1, 0.15) is 57.0 Å². The van der Waals surface area contributed by atoms with Gasteiger partial charge in [0, 0.05) is 18.0 Å². The van der Waals surface area contributed by atoms with E-state index in [1.165, 1.54) is 11.1 Å². The highest BCUT2D eigenvalue weighted by Gasteiger charge is 2.26. The summed E-state index contributed by atoms with van der Waals surface area (Å²) < 4.78 is 2.17. The molecule has 1 atom stereocenters. The zero-order valence-electron chi connectivity index (χ0n) is 13.5. The molecule has 1 aliphatic heterocycles. The summed E-state index contributed by atoms with van der Waals surface area (Å²) in [7, 11) is 0. The largest absolute Gasteiger partial charge is 0.370 e. The molecule has 1 aromatic carbocycles. The minimum atomic E-state index is 0.0860. The standard InChI is InChI=1S/C18H25N3/c1-5-13-6-8-14(9-7-13)15-10-11-19-17-12-16(18(2,3)4)20-21(15)17/h6-9,12,15,19H,5,10-11H2,1-4H3. The van der Waals surface area contributed by atoms with E-state index in [0.29, 0.717) is 6.04 Å². The maximum atomic E-state index is 4.88. The summed E-state index contributed by atoms with van der Waals surface area (Å²) in [4.78, 5) is 0. The van der Waals surface area contributed by atoms with E-state index in [1.54, 1.807) is 0 Å². The van der Waals surface area contributed by atoms with Gasteiger partial charge in [0.1, 0.15) is 5.82 Å². The number of rotatable bonds is 2. The van der Waals surface area contributed by atoms with Crippen molar-refractivity contribution < 1.29 is 0 Å². The van der Waals surface area contributed by atoms with Crippen molar-refractivity contribution >= 4 is 5.82 Å². The summed E-state index contributed by atoms with van der Waals surface area (Å²) in [5.74, 6) is 1.15. The lowest BCUT2D eigenvalue weighted by atomic mass is 9.92. The molecule has 0 spiro atoms. The fraction of sp³-hybridized carbons (Fsp3) is 0.500. The lowest BCUT2D eigenvalue weighted by Crippen LogP contribution is -2.24. The molecular weight excluding hydrogens is 258 g/mol. The number of aryl methyl sites for hydroxylation is 1. The molecule has 2 heterocycles. The van der Waals surface area contributed by atoms with Crippen LogP contribution in [0.5, 0.6) is 0 Å². The summed E-state index contributed by atoms with van der Waals surface area (Å²) in [6, 6.07) is 11.6. The van der Waals surface area contributed by atoms with Gasteiger partial charge in [-0.1, -0.05) is 52.0 Å². The molecule has 1 aromatic heterocycles. The van der Waals surface area contributed by atoms with E-state index >= 15 is 0 Å². The molecule has 0 bridgehead atoms. The van der Waals surface area contributed by atoms with Gasteiger partial charge in [0.2, 0.25) is 0 Å². The number of anilines is 1. The highest BCUT2D eigenvalue weighted by Crippen LogP contribution is 2.33. The highest BCUT2D eigenvalue weighted by atomic mass is 15.4. The van der Waals surface area contributed by atoms with Crippen LogP contribution >= 0.6 is 0 Å². The van der Waals surface area contributed by atoms with Gasteiger partial charge in [0.25, 0.3) is 0 Å². The minimum absolute atomic E-state index is 0.0860. The smallest absolute Gasteiger partial charge is 0.125 e. The molecule has 0 saturated carbocycles. The lowest BCUT2D eigenvalue weighted by molar-refractivity contribution is 0.462. The van der Waals surface area contributed by atoms with Gasteiger partial charge in [-0.3, -0.25) is 0 Å². The molecule has 0 radical (unpaired) electrons. The Bertz CT molecular complexity index is 617. The van der Waals surface area contributed by atoms with E-state index in [4.69, 9.17) is 5.10 Å². The Kier molecular flexibility index (Phi) is 3.52. The monoisotopic (exact) mass is 283 g/mol. The fourth-order valence-corrected chi connectivity index (χ4v) is 2.87. The Morgan fingerprint density at radius 1 is 1.24 bits per heavy atom. The molecule has 3 nitrogen and oxygen atoms in total. The third-order valence-electron chi connectivity index (χ3n) is 4.30. The Morgan fingerprint density at radius 3 is 2.57 bits per heavy atom. The van der Waals surface area contributed by atoms with E-state index in [0.717, 1.165) is 30.9 Å². The van der Waals surface area contributed by atoms with Crippen molar-refractivity contribution in [1.29, 1.82) is 0 Å². The number of fused-ring (bicyclic) bond motifs is 1. The van der Waals surface area contributed by atoms with E-state index < -0.39 is 0 Å². The van der Waals surface area contributed by atoms with Crippen molar-refractivity contribution in [2.24, 2.45) is 0 Å². The van der Waals surface area contributed by atoms with Crippen molar-refractivity contribution in [3.63, 3.8) is 0 Å². The molecule has 0 fully saturated rings. The van der Waals surface area contributed by atoms with Crippen LogP contribution in [0.15, 0.2) is 30.3 Å². The maximum absolute atomic E-state index is 4.88. The van der Waals surface area contributed by atoms with Crippen LogP contribution in [0.4, 0.5) is 5.82 Å². The normalized spacial score (nSPS) is 18.2. The number of nitrogens with zero attached hydrogens (tertiary/aromatic N) is 2. The number of hydrogen-bond acceptors (Lipinski definition) is 2. The predicted molar refractivity (Wildman–Crippen MR) is 88.0 cm³/mol. The van der Waals surface area contributed by atoms with Crippen molar-refractivity contribution in [1.82, 2.24) is 9.78 Å². The lowest BCUT2D eigenvalue weighted by Gasteiger charge is -2.26. The number of benzene rings is 1. The molecule has 3 rings (SSSR count). The van der Waals surface area contributed by atoms with E-state index in [9.17, 15) is 0 Å². The molecule has 0 aliphatic carbocycles. The average Bonchev–Trinajstić information content (AvgIpc) is 2.91. The zero-order chi connectivity index (χ0) is 15.0. The van der Waals surface area contributed by atoms with E-state index in [1.807, 2.05) is 0 Å². The Morgan fingerprint density at radius 2 is 1.95 bits per heavy atom. The summed E-state index contributed by atoms with van der Waals surface area (Å²) >= 11 is 0. The predicted octanol–water partition coefficient (Wildman–Crippen LogP) is 4.15. The summed E-state index contributed by atoms with van der Waals surface area (Å²) in [6.45, 7) is 9.85. The van der Waals surface area contributed by atoms with Crippen LogP contribution in [-0.2, 0) is 11.8 Å². The molecule has 0 amide bonds. The second-order valence-corrected chi connectivity index (χ2v) is 6.94. The first kappa shape index (κ1) is 14.2. The van der Waals surface area contributed by atoms with E-state index in [-0.39, 0.29) is 5.41 Å². The Labute approximate surface area is 127 Å². The van der Waals surface area contributed by atoms with Crippen molar-refractivity contribution in [3.05, 3.63) is 47.2 Å². The quantitative estimate of drug-likeness (QED) is 0.897. The number of aromatic nitrogens is 2. The SMILES string of the molecule is CCc1ccc(C2CCNc3cc(C(C)(C)C)nn32)cc1. The van der Waals surface area contributed by atoms with Crippen molar-refractivity contribution in [3.8, 4) is 0 Å². The third-order valence-corrected chi connectivity index (χ3v) is 4.30. The van der Waals surface area contributed by atoms with Gasteiger partial charge in [-0.15, -0.1) is 0 Å². The molecule has 3 heteroatoms. The van der Waals surface area contributed by atoms with Crippen LogP contribution in [0.2, 0.25) is 0 Å². The van der Waals surface area contributed by atoms with Gasteiger partial charge in [-0.2, -0.15) is 5.10 Å². The first-order valence-electron chi connectivity index (χ1n) is 7.92. The second-order valence-electron chi connectivity index (χ2n) is 6.94. The van der Waals surface area contributed by atoms with Gasteiger partial charge < -0.3 is 5.32 Å². The van der Waals surface area contributed by atoms with E-state index in [2.05, 4.69) is 68.0 Å². The molecule has 2 aromatic rings. The third kappa shape index (κ3) is 2.69. The van der Waals surface area contributed by atoms with Gasteiger partial charge in [-0.25, -0.2) is 4.68 Å². The van der Waals surface area contributed by atoms with Crippen LogP contribution < -0.4 is 5.32 Å². The van der Waals surface area contributed by atoms with Crippen LogP contribution in [0, 0.1) is 0 Å². The highest BCUT2D eigenvalue weighted by molar-refractivity contribution is 5.43. The van der Waals surface area contributed by atoms with Crippen LogP contribution in [0.25, 0.3) is 0 Å². The number of nitrogens with one attached hydrogen (secondary N) is 1. The maximum Gasteiger partial charge on any atom is 0.125 e. The average molecular weight is 283 g/mol. The van der Waals surface area contributed by atoms with Crippen LogP contribution in [0.3, 0.4) is 0 Å². The van der Waals surface area contributed by atoms with Gasteiger partial charge in [0.05, 0.1) is 11.7 Å². The first-order chi connectivity index (χ1) is 9.99. The van der Waals surface area contributed by atoms with Gasteiger partial charge in [-0.05, 0) is 24.0 Å². The fourth-order valence-electron chi connectivity index (χ4n) is 2.87. The summed E-state index contributed by atoms with van der Waals surface area (Å²) in [5, 5.41) is 8.35. The van der Waals surface area contributed by atoms with Crippen molar-refractivity contribution in [2.45, 2.75) is 52.0 Å². The Balaban J connectivity index is 1.97. The molecule has 1 unspecified atom stereocenters. The number of hydrogen-bond donors (Lipinski definition) is 1. The van der Waals surface area contributed by atoms with Gasteiger partial charge >= 0.3 is 0 Å². The molecule has 21 heavy (non-hydrogen) atoms. The molecule has 1 N–H and O–H groups in total. The molecule has 1 aliphatic rings. The second kappa shape index (κ2) is 5.21. The van der Waals surface area contributed by atoms with Gasteiger partial charge in [0.15, 0.2) is 0 Å². The first-order valence-corrected chi connectivity index (χ1v) is 7.92. The summed E-state index contributed by atoms with van der Waals surface area (Å²) in [5.41, 5.74) is 3.99. The zero-order valence-corrected chi connectivity index (χ0v) is 13.5. The van der Waals surface area contributed by atoms with Crippen molar-refractivity contribution in [2.75, 3.05) is 11.9 Å².